The van der Waals surface area contributed by atoms with Gasteiger partial charge in [-0.25, -0.2) is 0 Å². The third kappa shape index (κ3) is 4.96. The molecule has 4 nitrogen and oxygen atoms in total. The molecule has 1 aromatic carbocycles. The summed E-state index contributed by atoms with van der Waals surface area (Å²) in [4.78, 5) is 26.4. The molecular formula is C18H25ClN2O2. The van der Waals surface area contributed by atoms with Crippen LogP contribution in [0.1, 0.15) is 51.5 Å². The van der Waals surface area contributed by atoms with E-state index in [1.165, 1.54) is 12.8 Å². The van der Waals surface area contributed by atoms with Gasteiger partial charge >= 0.3 is 0 Å². The van der Waals surface area contributed by atoms with E-state index in [9.17, 15) is 9.59 Å². The molecule has 0 aromatic heterocycles. The summed E-state index contributed by atoms with van der Waals surface area (Å²) in [5, 5.41) is 3.71. The topological polar surface area (TPSA) is 49.4 Å². The molecule has 0 saturated heterocycles. The van der Waals surface area contributed by atoms with Gasteiger partial charge in [-0.15, -0.1) is 0 Å². The van der Waals surface area contributed by atoms with Gasteiger partial charge in [-0.3, -0.25) is 9.59 Å². The summed E-state index contributed by atoms with van der Waals surface area (Å²) >= 11 is 6.01. The van der Waals surface area contributed by atoms with E-state index in [1.54, 1.807) is 17.9 Å². The van der Waals surface area contributed by atoms with Gasteiger partial charge in [0.1, 0.15) is 6.04 Å². The molecule has 23 heavy (non-hydrogen) atoms. The van der Waals surface area contributed by atoms with Crippen LogP contribution in [0, 0.1) is 0 Å². The first-order chi connectivity index (χ1) is 11.0. The van der Waals surface area contributed by atoms with E-state index < -0.39 is 6.04 Å². The Morgan fingerprint density at radius 1 is 1.35 bits per heavy atom. The maximum atomic E-state index is 12.5. The Bertz CT molecular complexity index is 556. The molecule has 0 spiro atoms. The molecule has 1 unspecified atom stereocenters. The molecule has 0 radical (unpaired) electrons. The minimum absolute atomic E-state index is 0.0287. The van der Waals surface area contributed by atoms with Crippen LogP contribution in [0.25, 0.3) is 0 Å². The Balaban J connectivity index is 2.06. The predicted molar refractivity (Wildman–Crippen MR) is 92.2 cm³/mol. The zero-order valence-corrected chi connectivity index (χ0v) is 14.6. The van der Waals surface area contributed by atoms with Crippen LogP contribution in [0.5, 0.6) is 0 Å². The molecule has 1 saturated carbocycles. The molecule has 1 aliphatic rings. The fraction of sp³-hybridized carbons (Fsp3) is 0.556. The largest absolute Gasteiger partial charge is 0.352 e. The van der Waals surface area contributed by atoms with Crippen LogP contribution in [-0.4, -0.2) is 28.8 Å². The molecular weight excluding hydrogens is 312 g/mol. The average molecular weight is 337 g/mol. The maximum absolute atomic E-state index is 12.5. The molecule has 1 N–H and O–H groups in total. The number of carbonyl (C=O) groups is 2. The van der Waals surface area contributed by atoms with Crippen LogP contribution < -0.4 is 5.32 Å². The van der Waals surface area contributed by atoms with E-state index in [1.807, 2.05) is 25.1 Å². The molecule has 1 aliphatic carbocycles. The molecule has 0 heterocycles. The van der Waals surface area contributed by atoms with Crippen LogP contribution in [0.4, 0.5) is 0 Å². The van der Waals surface area contributed by atoms with Crippen LogP contribution >= 0.6 is 11.6 Å². The average Bonchev–Trinajstić information content (AvgIpc) is 3.04. The number of carbonyl (C=O) groups excluding carboxylic acids is 2. The van der Waals surface area contributed by atoms with Crippen LogP contribution in [0.15, 0.2) is 24.3 Å². The van der Waals surface area contributed by atoms with Crippen LogP contribution in [-0.2, 0) is 16.1 Å². The summed E-state index contributed by atoms with van der Waals surface area (Å²) in [5.41, 5.74) is 0.930. The Labute approximate surface area is 143 Å². The van der Waals surface area contributed by atoms with Crippen molar-refractivity contribution in [1.29, 1.82) is 0 Å². The highest BCUT2D eigenvalue weighted by Crippen LogP contribution is 2.19. The Hall–Kier alpha value is -1.55. The zero-order chi connectivity index (χ0) is 16.8. The van der Waals surface area contributed by atoms with Gasteiger partial charge in [-0.1, -0.05) is 43.5 Å². The van der Waals surface area contributed by atoms with Crippen molar-refractivity contribution < 1.29 is 9.59 Å². The van der Waals surface area contributed by atoms with Gasteiger partial charge in [0.15, 0.2) is 0 Å². The highest BCUT2D eigenvalue weighted by Gasteiger charge is 2.27. The normalized spacial score (nSPS) is 16.1. The standard InChI is InChI=1S/C18H25ClN2O2/c1-3-17(22)21(12-14-7-6-8-15(19)11-14)13(2)18(23)20-16-9-4-5-10-16/h6-8,11,13,16H,3-5,9-10,12H2,1-2H3,(H,20,23). The van der Waals surface area contributed by atoms with Gasteiger partial charge in [0, 0.05) is 24.0 Å². The van der Waals surface area contributed by atoms with Crippen LogP contribution in [0.3, 0.4) is 0 Å². The fourth-order valence-corrected chi connectivity index (χ4v) is 3.22. The fourth-order valence-electron chi connectivity index (χ4n) is 3.01. The van der Waals surface area contributed by atoms with Crippen molar-refractivity contribution >= 4 is 23.4 Å². The lowest BCUT2D eigenvalue weighted by Gasteiger charge is -2.29. The zero-order valence-electron chi connectivity index (χ0n) is 13.8. The Kier molecular flexibility index (Phi) is 6.46. The van der Waals surface area contributed by atoms with Gasteiger partial charge in [-0.2, -0.15) is 0 Å². The lowest BCUT2D eigenvalue weighted by atomic mass is 10.1. The van der Waals surface area contributed by atoms with Gasteiger partial charge in [-0.05, 0) is 37.5 Å². The van der Waals surface area contributed by atoms with Crippen molar-refractivity contribution in [2.45, 2.75) is 64.6 Å². The highest BCUT2D eigenvalue weighted by atomic mass is 35.5. The van der Waals surface area contributed by atoms with Crippen LogP contribution in [0.2, 0.25) is 5.02 Å². The van der Waals surface area contributed by atoms with Gasteiger partial charge in [0.05, 0.1) is 0 Å². The SMILES string of the molecule is CCC(=O)N(Cc1cccc(Cl)c1)C(C)C(=O)NC1CCCC1. The summed E-state index contributed by atoms with van der Waals surface area (Å²) in [7, 11) is 0. The summed E-state index contributed by atoms with van der Waals surface area (Å²) in [5.74, 6) is -0.0974. The second-order valence-corrected chi connectivity index (χ2v) is 6.61. The first-order valence-electron chi connectivity index (χ1n) is 8.35. The number of nitrogens with one attached hydrogen (secondary N) is 1. The molecule has 2 amide bonds. The third-order valence-electron chi connectivity index (χ3n) is 4.41. The minimum atomic E-state index is -0.484. The molecule has 0 aliphatic heterocycles. The second kappa shape index (κ2) is 8.34. The van der Waals surface area contributed by atoms with Gasteiger partial charge in [0.25, 0.3) is 0 Å². The van der Waals surface area contributed by atoms with Crippen molar-refractivity contribution in [2.75, 3.05) is 0 Å². The summed E-state index contributed by atoms with van der Waals surface area (Å²) in [6, 6.07) is 7.18. The minimum Gasteiger partial charge on any atom is -0.352 e. The Morgan fingerprint density at radius 3 is 2.65 bits per heavy atom. The van der Waals surface area contributed by atoms with Crippen molar-refractivity contribution in [3.05, 3.63) is 34.9 Å². The first kappa shape index (κ1) is 17.8. The van der Waals surface area contributed by atoms with Crippen molar-refractivity contribution in [3.8, 4) is 0 Å². The smallest absolute Gasteiger partial charge is 0.242 e. The van der Waals surface area contributed by atoms with Crippen molar-refractivity contribution in [3.63, 3.8) is 0 Å². The third-order valence-corrected chi connectivity index (χ3v) is 4.65. The van der Waals surface area contributed by atoms with E-state index in [0.29, 0.717) is 18.0 Å². The molecule has 126 valence electrons. The summed E-state index contributed by atoms with van der Waals surface area (Å²) in [6.07, 6.45) is 4.78. The molecule has 5 heteroatoms. The number of hydrogen-bond acceptors (Lipinski definition) is 2. The molecule has 2 rings (SSSR count). The molecule has 0 bridgehead atoms. The molecule has 1 aromatic rings. The summed E-state index contributed by atoms with van der Waals surface area (Å²) < 4.78 is 0. The summed E-state index contributed by atoms with van der Waals surface area (Å²) in [6.45, 7) is 4.00. The molecule has 1 atom stereocenters. The number of hydrogen-bond donors (Lipinski definition) is 1. The Morgan fingerprint density at radius 2 is 2.04 bits per heavy atom. The van der Waals surface area contributed by atoms with E-state index in [0.717, 1.165) is 18.4 Å². The van der Waals surface area contributed by atoms with Crippen molar-refractivity contribution in [1.82, 2.24) is 10.2 Å². The lowest BCUT2D eigenvalue weighted by molar-refractivity contribution is -0.140. The number of halogens is 1. The second-order valence-electron chi connectivity index (χ2n) is 6.17. The number of rotatable bonds is 6. The van der Waals surface area contributed by atoms with E-state index >= 15 is 0 Å². The van der Waals surface area contributed by atoms with E-state index in [2.05, 4.69) is 5.32 Å². The first-order valence-corrected chi connectivity index (χ1v) is 8.73. The number of nitrogens with zero attached hydrogens (tertiary/aromatic N) is 1. The number of benzene rings is 1. The monoisotopic (exact) mass is 336 g/mol. The number of amides is 2. The lowest BCUT2D eigenvalue weighted by Crippen LogP contribution is -2.49. The maximum Gasteiger partial charge on any atom is 0.242 e. The molecule has 1 fully saturated rings. The van der Waals surface area contributed by atoms with Gasteiger partial charge < -0.3 is 10.2 Å². The quantitative estimate of drug-likeness (QED) is 0.864. The predicted octanol–water partition coefficient (Wildman–Crippen LogP) is 3.53. The van der Waals surface area contributed by atoms with E-state index in [-0.39, 0.29) is 17.9 Å². The van der Waals surface area contributed by atoms with Crippen molar-refractivity contribution in [2.24, 2.45) is 0 Å². The van der Waals surface area contributed by atoms with Gasteiger partial charge in [0.2, 0.25) is 11.8 Å². The van der Waals surface area contributed by atoms with E-state index in [4.69, 9.17) is 11.6 Å². The highest BCUT2D eigenvalue weighted by molar-refractivity contribution is 6.30.